The molecule has 0 atom stereocenters. The lowest BCUT2D eigenvalue weighted by atomic mass is 10.3. The lowest BCUT2D eigenvalue weighted by Gasteiger charge is -1.98. The number of rotatable bonds is 2. The number of aromatic amines is 2. The summed E-state index contributed by atoms with van der Waals surface area (Å²) in [5, 5.41) is 0. The molecular weight excluding hydrogens is 160 g/mol. The third-order valence-electron chi connectivity index (χ3n) is 1.39. The molecule has 0 radical (unpaired) electrons. The number of hydrogen-bond acceptors (Lipinski definition) is 3. The minimum Gasteiger partial charge on any atom is -0.461 e. The summed E-state index contributed by atoms with van der Waals surface area (Å²) in [7, 11) is 0. The van der Waals surface area contributed by atoms with Crippen molar-refractivity contribution in [3.8, 4) is 0 Å². The van der Waals surface area contributed by atoms with Crippen LogP contribution in [0.25, 0.3) is 0 Å². The van der Waals surface area contributed by atoms with Gasteiger partial charge in [0, 0.05) is 5.69 Å². The maximum absolute atomic E-state index is 11.1. The molecule has 0 saturated heterocycles. The molecule has 1 aromatic rings. The van der Waals surface area contributed by atoms with Crippen molar-refractivity contribution in [3.63, 3.8) is 0 Å². The predicted octanol–water partition coefficient (Wildman–Crippen LogP) is 0.188. The molecule has 1 heterocycles. The molecule has 0 unspecified atom stereocenters. The van der Waals surface area contributed by atoms with E-state index in [1.54, 1.807) is 13.8 Å². The van der Waals surface area contributed by atoms with Crippen LogP contribution < -0.4 is 5.69 Å². The maximum Gasteiger partial charge on any atom is 0.356 e. The quantitative estimate of drug-likeness (QED) is 0.622. The summed E-state index contributed by atoms with van der Waals surface area (Å²) in [4.78, 5) is 26.5. The van der Waals surface area contributed by atoms with Crippen LogP contribution in [0.1, 0.15) is 23.1 Å². The first-order valence-electron chi connectivity index (χ1n) is 3.61. The van der Waals surface area contributed by atoms with Crippen LogP contribution >= 0.6 is 0 Å². The molecule has 0 amide bonds. The van der Waals surface area contributed by atoms with E-state index in [1.807, 2.05) is 0 Å². The van der Waals surface area contributed by atoms with Crippen LogP contribution in [0.3, 0.4) is 0 Å². The lowest BCUT2D eigenvalue weighted by Crippen LogP contribution is -2.08. The van der Waals surface area contributed by atoms with E-state index < -0.39 is 11.7 Å². The molecule has 0 aliphatic carbocycles. The number of carbonyl (C=O) groups excluding carboxylic acids is 1. The van der Waals surface area contributed by atoms with Crippen LogP contribution in [0.4, 0.5) is 0 Å². The van der Waals surface area contributed by atoms with Crippen molar-refractivity contribution in [2.45, 2.75) is 13.8 Å². The first-order chi connectivity index (χ1) is 5.65. The third kappa shape index (κ3) is 1.55. The van der Waals surface area contributed by atoms with E-state index in [0.29, 0.717) is 12.3 Å². The smallest absolute Gasteiger partial charge is 0.356 e. The van der Waals surface area contributed by atoms with Gasteiger partial charge in [-0.1, -0.05) is 0 Å². The van der Waals surface area contributed by atoms with E-state index in [4.69, 9.17) is 4.74 Å². The van der Waals surface area contributed by atoms with Gasteiger partial charge in [0.05, 0.1) is 6.61 Å². The number of aryl methyl sites for hydroxylation is 1. The highest BCUT2D eigenvalue weighted by Gasteiger charge is 2.12. The Morgan fingerprint density at radius 2 is 2.17 bits per heavy atom. The van der Waals surface area contributed by atoms with Crippen molar-refractivity contribution in [3.05, 3.63) is 21.9 Å². The molecule has 0 fully saturated rings. The van der Waals surface area contributed by atoms with Gasteiger partial charge in [-0.15, -0.1) is 0 Å². The number of carbonyl (C=O) groups is 1. The zero-order valence-corrected chi connectivity index (χ0v) is 6.93. The first kappa shape index (κ1) is 8.58. The van der Waals surface area contributed by atoms with Gasteiger partial charge in [0.25, 0.3) is 0 Å². The van der Waals surface area contributed by atoms with Gasteiger partial charge in [-0.3, -0.25) is 4.98 Å². The van der Waals surface area contributed by atoms with Crippen LogP contribution in [-0.2, 0) is 4.74 Å². The molecule has 0 bridgehead atoms. The average Bonchev–Trinajstić information content (AvgIpc) is 2.30. The van der Waals surface area contributed by atoms with E-state index in [9.17, 15) is 9.59 Å². The van der Waals surface area contributed by atoms with E-state index >= 15 is 0 Å². The average molecular weight is 170 g/mol. The summed E-state index contributed by atoms with van der Waals surface area (Å²) in [5.41, 5.74) is 0.302. The SMILES string of the molecule is CCOC(=O)c1[nH]c(=O)[nH]c1C. The maximum atomic E-state index is 11.1. The number of aromatic nitrogens is 2. The van der Waals surface area contributed by atoms with E-state index in [2.05, 4.69) is 9.97 Å². The van der Waals surface area contributed by atoms with Crippen LogP contribution in [0.2, 0.25) is 0 Å². The monoisotopic (exact) mass is 170 g/mol. The number of imidazole rings is 1. The zero-order valence-electron chi connectivity index (χ0n) is 6.93. The molecule has 0 spiro atoms. The highest BCUT2D eigenvalue weighted by Crippen LogP contribution is 1.99. The molecule has 1 aromatic heterocycles. The summed E-state index contributed by atoms with van der Waals surface area (Å²) in [6.45, 7) is 3.63. The van der Waals surface area contributed by atoms with Crippen LogP contribution in [0.5, 0.6) is 0 Å². The van der Waals surface area contributed by atoms with Gasteiger partial charge in [0.2, 0.25) is 0 Å². The molecule has 5 nitrogen and oxygen atoms in total. The number of ether oxygens (including phenoxy) is 1. The van der Waals surface area contributed by atoms with Crippen molar-refractivity contribution in [1.29, 1.82) is 0 Å². The number of H-pyrrole nitrogens is 2. The Morgan fingerprint density at radius 1 is 1.50 bits per heavy atom. The third-order valence-corrected chi connectivity index (χ3v) is 1.39. The van der Waals surface area contributed by atoms with E-state index in [0.717, 1.165) is 0 Å². The highest BCUT2D eigenvalue weighted by atomic mass is 16.5. The number of esters is 1. The van der Waals surface area contributed by atoms with Crippen molar-refractivity contribution < 1.29 is 9.53 Å². The molecule has 2 N–H and O–H groups in total. The van der Waals surface area contributed by atoms with Gasteiger partial charge in [0.1, 0.15) is 5.69 Å². The number of hydrogen-bond donors (Lipinski definition) is 2. The normalized spacial score (nSPS) is 9.83. The summed E-state index contributed by atoms with van der Waals surface area (Å²) in [6.07, 6.45) is 0. The molecule has 0 aromatic carbocycles. The van der Waals surface area contributed by atoms with E-state index in [1.165, 1.54) is 0 Å². The molecular formula is C7H10N2O3. The van der Waals surface area contributed by atoms with Crippen molar-refractivity contribution in [2.24, 2.45) is 0 Å². The summed E-state index contributed by atoms with van der Waals surface area (Å²) in [6, 6.07) is 0. The largest absolute Gasteiger partial charge is 0.461 e. The Hall–Kier alpha value is -1.52. The fourth-order valence-electron chi connectivity index (χ4n) is 0.879. The first-order valence-corrected chi connectivity index (χ1v) is 3.61. The molecule has 66 valence electrons. The van der Waals surface area contributed by atoms with Gasteiger partial charge in [-0.25, -0.2) is 9.59 Å². The minimum atomic E-state index is -0.506. The lowest BCUT2D eigenvalue weighted by molar-refractivity contribution is 0.0519. The van der Waals surface area contributed by atoms with Gasteiger partial charge >= 0.3 is 11.7 Å². The second kappa shape index (κ2) is 3.25. The van der Waals surface area contributed by atoms with Crippen molar-refractivity contribution in [2.75, 3.05) is 6.61 Å². The fourth-order valence-corrected chi connectivity index (χ4v) is 0.879. The van der Waals surface area contributed by atoms with Gasteiger partial charge in [0.15, 0.2) is 0 Å². The molecule has 0 saturated carbocycles. The molecule has 12 heavy (non-hydrogen) atoms. The predicted molar refractivity (Wildman–Crippen MR) is 42.1 cm³/mol. The number of nitrogens with one attached hydrogen (secondary N) is 2. The Labute approximate surface area is 68.8 Å². The van der Waals surface area contributed by atoms with Gasteiger partial charge < -0.3 is 9.72 Å². The summed E-state index contributed by atoms with van der Waals surface area (Å²) >= 11 is 0. The topological polar surface area (TPSA) is 75.0 Å². The second-order valence-corrected chi connectivity index (χ2v) is 2.30. The summed E-state index contributed by atoms with van der Waals surface area (Å²) in [5.74, 6) is -0.506. The second-order valence-electron chi connectivity index (χ2n) is 2.30. The van der Waals surface area contributed by atoms with Crippen LogP contribution in [0.15, 0.2) is 4.79 Å². The Bertz CT molecular complexity index is 337. The molecule has 0 aliphatic rings. The Balaban J connectivity index is 2.94. The standard InChI is InChI=1S/C7H10N2O3/c1-3-12-6(10)5-4(2)8-7(11)9-5/h3H2,1-2H3,(H2,8,9,11). The fraction of sp³-hybridized carbons (Fsp3) is 0.429. The van der Waals surface area contributed by atoms with Crippen molar-refractivity contribution in [1.82, 2.24) is 9.97 Å². The summed E-state index contributed by atoms with van der Waals surface area (Å²) < 4.78 is 4.69. The molecule has 0 aliphatic heterocycles. The van der Waals surface area contributed by atoms with Crippen LogP contribution in [-0.4, -0.2) is 22.5 Å². The van der Waals surface area contributed by atoms with E-state index in [-0.39, 0.29) is 5.69 Å². The molecule has 1 rings (SSSR count). The zero-order chi connectivity index (χ0) is 9.14. The Morgan fingerprint density at radius 3 is 2.58 bits per heavy atom. The van der Waals surface area contributed by atoms with Gasteiger partial charge in [-0.2, -0.15) is 0 Å². The Kier molecular flexibility index (Phi) is 2.32. The van der Waals surface area contributed by atoms with Crippen molar-refractivity contribution >= 4 is 5.97 Å². The minimum absolute atomic E-state index is 0.196. The van der Waals surface area contributed by atoms with Gasteiger partial charge in [-0.05, 0) is 13.8 Å². The highest BCUT2D eigenvalue weighted by molar-refractivity contribution is 5.88. The molecule has 5 heteroatoms. The van der Waals surface area contributed by atoms with Crippen LogP contribution in [0, 0.1) is 6.92 Å².